The van der Waals surface area contributed by atoms with Gasteiger partial charge in [-0.15, -0.1) is 0 Å². The summed E-state index contributed by atoms with van der Waals surface area (Å²) >= 11 is 0. The van der Waals surface area contributed by atoms with E-state index in [1.807, 2.05) is 0 Å². The van der Waals surface area contributed by atoms with Crippen molar-refractivity contribution >= 4 is 17.7 Å². The molecule has 0 aromatic heterocycles. The third-order valence-electron chi connectivity index (χ3n) is 4.28. The first-order chi connectivity index (χ1) is 14.3. The zero-order valence-electron chi connectivity index (χ0n) is 20.2. The molecule has 0 aromatic carbocycles. The van der Waals surface area contributed by atoms with Crippen molar-refractivity contribution in [2.24, 2.45) is 5.73 Å². The maximum Gasteiger partial charge on any atom is 1.00 e. The van der Waals surface area contributed by atoms with Crippen molar-refractivity contribution in [1.82, 2.24) is 0 Å². The van der Waals surface area contributed by atoms with E-state index in [9.17, 15) is 19.5 Å². The first-order valence-electron chi connectivity index (χ1n) is 11.4. The Balaban J connectivity index is -0.000000216. The largest absolute Gasteiger partial charge is 1.00 e. The van der Waals surface area contributed by atoms with Crippen LogP contribution in [-0.2, 0) is 14.4 Å². The molecule has 0 heterocycles. The standard InChI is InChI=1S/C14H29NO2.C5H11.C4H6O4.Na/c1-2-3-4-5-6-7-8-9-10-11-13(16)14(17)12-15;1-3-5-4-2;5-3(6)1-2-4(7)8;/h14,17H,2-12,15H2,1H3;1,3-5H2,2H3;1-2H2,(H,5,6)(H,7,8);/q;-1;;+1. The summed E-state index contributed by atoms with van der Waals surface area (Å²) in [6.45, 7) is 8.13. The molecule has 0 aliphatic carbocycles. The van der Waals surface area contributed by atoms with Crippen LogP contribution in [0.3, 0.4) is 0 Å². The van der Waals surface area contributed by atoms with E-state index in [1.54, 1.807) is 0 Å². The third-order valence-corrected chi connectivity index (χ3v) is 4.28. The van der Waals surface area contributed by atoms with Crippen LogP contribution in [0.4, 0.5) is 0 Å². The van der Waals surface area contributed by atoms with Gasteiger partial charge in [-0.05, 0) is 6.42 Å². The second kappa shape index (κ2) is 31.7. The number of carboxylic acid groups (broad SMARTS) is 2. The van der Waals surface area contributed by atoms with Gasteiger partial charge >= 0.3 is 41.5 Å². The van der Waals surface area contributed by atoms with Crippen LogP contribution < -0.4 is 35.3 Å². The molecule has 1 unspecified atom stereocenters. The Bertz CT molecular complexity index is 392. The van der Waals surface area contributed by atoms with Crippen LogP contribution in [0, 0.1) is 6.92 Å². The fourth-order valence-electron chi connectivity index (χ4n) is 2.37. The normalized spacial score (nSPS) is 10.5. The summed E-state index contributed by atoms with van der Waals surface area (Å²) in [6.07, 6.45) is 13.7. The monoisotopic (exact) mass is 455 g/mol. The van der Waals surface area contributed by atoms with Crippen molar-refractivity contribution in [3.8, 4) is 0 Å². The Morgan fingerprint density at radius 1 is 0.742 bits per heavy atom. The third kappa shape index (κ3) is 40.4. The van der Waals surface area contributed by atoms with Crippen LogP contribution in [0.5, 0.6) is 0 Å². The number of hydrogen-bond acceptors (Lipinski definition) is 5. The number of carbonyl (C=O) groups is 3. The summed E-state index contributed by atoms with van der Waals surface area (Å²) in [5, 5.41) is 25.0. The van der Waals surface area contributed by atoms with E-state index in [-0.39, 0.29) is 54.7 Å². The van der Waals surface area contributed by atoms with Crippen molar-refractivity contribution in [1.29, 1.82) is 0 Å². The summed E-state index contributed by atoms with van der Waals surface area (Å²) in [6, 6.07) is 0. The number of carbonyl (C=O) groups excluding carboxylic acids is 1. The molecule has 0 amide bonds. The van der Waals surface area contributed by atoms with Crippen LogP contribution in [0.1, 0.15) is 110 Å². The van der Waals surface area contributed by atoms with Gasteiger partial charge in [0.15, 0.2) is 5.78 Å². The zero-order valence-corrected chi connectivity index (χ0v) is 22.2. The molecule has 180 valence electrons. The predicted octanol–water partition coefficient (Wildman–Crippen LogP) is 1.75. The molecule has 31 heavy (non-hydrogen) atoms. The van der Waals surface area contributed by atoms with Crippen molar-refractivity contribution in [2.45, 2.75) is 116 Å². The minimum absolute atomic E-state index is 0. The number of aliphatic hydroxyl groups is 1. The molecule has 0 saturated heterocycles. The predicted molar refractivity (Wildman–Crippen MR) is 121 cm³/mol. The molecule has 7 nitrogen and oxygen atoms in total. The van der Waals surface area contributed by atoms with E-state index in [1.165, 1.54) is 57.8 Å². The van der Waals surface area contributed by atoms with Gasteiger partial charge in [0.05, 0.1) is 12.8 Å². The quantitative estimate of drug-likeness (QED) is 0.149. The smallest absolute Gasteiger partial charge is 0.481 e. The first kappa shape index (κ1) is 37.8. The van der Waals surface area contributed by atoms with Crippen LogP contribution >= 0.6 is 0 Å². The van der Waals surface area contributed by atoms with E-state index in [0.717, 1.165) is 19.3 Å². The molecular formula is C23H46NNaO6. The van der Waals surface area contributed by atoms with E-state index in [4.69, 9.17) is 15.9 Å². The van der Waals surface area contributed by atoms with Crippen LogP contribution in [0.25, 0.3) is 0 Å². The SMILES string of the molecule is CCCCCCCCCCCC(=O)C(O)CN.O=C(O)CCC(=O)O.[CH2-]CCCC.[Na+]. The molecule has 8 heteroatoms. The summed E-state index contributed by atoms with van der Waals surface area (Å²) < 4.78 is 0. The van der Waals surface area contributed by atoms with E-state index in [2.05, 4.69) is 20.8 Å². The van der Waals surface area contributed by atoms with Crippen molar-refractivity contribution in [3.05, 3.63) is 6.92 Å². The van der Waals surface area contributed by atoms with E-state index < -0.39 is 18.0 Å². The average molecular weight is 456 g/mol. The second-order valence-corrected chi connectivity index (χ2v) is 7.29. The number of aliphatic carboxylic acids is 2. The number of ketones is 1. The number of hydrogen-bond donors (Lipinski definition) is 4. The van der Waals surface area contributed by atoms with Crippen LogP contribution in [-0.4, -0.2) is 45.7 Å². The number of nitrogens with two attached hydrogens (primary N) is 1. The number of Topliss-reactive ketones (excluding diaryl/α,β-unsaturated/α-hetero) is 1. The van der Waals surface area contributed by atoms with E-state index >= 15 is 0 Å². The number of rotatable bonds is 17. The van der Waals surface area contributed by atoms with Crippen LogP contribution in [0.2, 0.25) is 0 Å². The maximum atomic E-state index is 11.3. The molecule has 0 rings (SSSR count). The Hall–Kier alpha value is -0.470. The van der Waals surface area contributed by atoms with Crippen molar-refractivity contribution in [3.63, 3.8) is 0 Å². The minimum atomic E-state index is -1.08. The summed E-state index contributed by atoms with van der Waals surface area (Å²) in [7, 11) is 0. The van der Waals surface area contributed by atoms with Gasteiger partial charge in [0.1, 0.15) is 6.10 Å². The molecule has 0 bridgehead atoms. The Kier molecular flexibility index (Phi) is 38.7. The molecular weight excluding hydrogens is 409 g/mol. The van der Waals surface area contributed by atoms with Crippen molar-refractivity contribution in [2.75, 3.05) is 6.54 Å². The van der Waals surface area contributed by atoms with Gasteiger partial charge in [-0.2, -0.15) is 6.42 Å². The zero-order chi connectivity index (χ0) is 23.6. The van der Waals surface area contributed by atoms with Gasteiger partial charge < -0.3 is 28.0 Å². The molecule has 0 aromatic rings. The molecule has 0 saturated carbocycles. The van der Waals surface area contributed by atoms with Gasteiger partial charge in [0.2, 0.25) is 0 Å². The summed E-state index contributed by atoms with van der Waals surface area (Å²) in [4.78, 5) is 30.5. The molecule has 1 atom stereocenters. The summed E-state index contributed by atoms with van der Waals surface area (Å²) in [5.74, 6) is -2.25. The van der Waals surface area contributed by atoms with Gasteiger partial charge in [-0.25, -0.2) is 0 Å². The van der Waals surface area contributed by atoms with Gasteiger partial charge in [-0.1, -0.05) is 78.1 Å². The maximum absolute atomic E-state index is 11.3. The fraction of sp³-hybridized carbons (Fsp3) is 0.826. The van der Waals surface area contributed by atoms with Gasteiger partial charge in [0.25, 0.3) is 0 Å². The molecule has 0 fully saturated rings. The average Bonchev–Trinajstić information content (AvgIpc) is 2.71. The Morgan fingerprint density at radius 2 is 1.13 bits per heavy atom. The number of unbranched alkanes of at least 4 members (excludes halogenated alkanes) is 10. The Labute approximate surface area is 211 Å². The first-order valence-corrected chi connectivity index (χ1v) is 11.4. The summed E-state index contributed by atoms with van der Waals surface area (Å²) in [5.41, 5.74) is 5.21. The number of aliphatic hydroxyl groups excluding tert-OH is 1. The van der Waals surface area contributed by atoms with Gasteiger partial charge in [-0.3, -0.25) is 14.4 Å². The van der Waals surface area contributed by atoms with Gasteiger partial charge in [0, 0.05) is 13.0 Å². The van der Waals surface area contributed by atoms with Crippen LogP contribution in [0.15, 0.2) is 0 Å². The molecule has 0 radical (unpaired) electrons. The molecule has 0 aliphatic rings. The molecule has 5 N–H and O–H groups in total. The fourth-order valence-corrected chi connectivity index (χ4v) is 2.37. The molecule has 0 aliphatic heterocycles. The molecule has 0 spiro atoms. The minimum Gasteiger partial charge on any atom is -0.481 e. The second-order valence-electron chi connectivity index (χ2n) is 7.29. The van der Waals surface area contributed by atoms with Crippen molar-refractivity contribution < 1.29 is 59.3 Å². The topological polar surface area (TPSA) is 138 Å². The van der Waals surface area contributed by atoms with E-state index in [0.29, 0.717) is 6.42 Å². The number of carboxylic acids is 2. The Morgan fingerprint density at radius 3 is 1.42 bits per heavy atom.